The number of methoxy groups -OCH3 is 1. The number of aliphatic hydroxyl groups excluding tert-OH is 1. The highest BCUT2D eigenvalue weighted by molar-refractivity contribution is 7.08. The summed E-state index contributed by atoms with van der Waals surface area (Å²) in [4.78, 5) is 26.5. The minimum absolute atomic E-state index is 0.140. The maximum atomic E-state index is 12.6. The summed E-state index contributed by atoms with van der Waals surface area (Å²) in [7, 11) is 1.33. The van der Waals surface area contributed by atoms with E-state index in [1.54, 1.807) is 35.6 Å². The van der Waals surface area contributed by atoms with E-state index in [1.165, 1.54) is 7.11 Å². The molecule has 2 heterocycles. The molecule has 1 N–H and O–H groups in total. The molecular formula is C22H25NO5S. The van der Waals surface area contributed by atoms with Crippen LogP contribution in [-0.2, 0) is 16.0 Å². The fourth-order valence-corrected chi connectivity index (χ4v) is 5.08. The third-order valence-electron chi connectivity index (χ3n) is 5.94. The van der Waals surface area contributed by atoms with Crippen molar-refractivity contribution < 1.29 is 24.2 Å². The van der Waals surface area contributed by atoms with E-state index in [4.69, 9.17) is 9.47 Å². The number of amides is 1. The average molecular weight is 416 g/mol. The first-order valence-corrected chi connectivity index (χ1v) is 10.8. The van der Waals surface area contributed by atoms with Crippen LogP contribution >= 0.6 is 11.3 Å². The number of nitrogens with zero attached hydrogens (tertiary/aromatic N) is 1. The van der Waals surface area contributed by atoms with Crippen molar-refractivity contribution in [3.05, 3.63) is 52.2 Å². The van der Waals surface area contributed by atoms with Crippen LogP contribution in [0.25, 0.3) is 0 Å². The number of hydrogen-bond donors (Lipinski definition) is 1. The van der Waals surface area contributed by atoms with Crippen LogP contribution in [0.15, 0.2) is 41.1 Å². The highest BCUT2D eigenvalue weighted by Crippen LogP contribution is 2.38. The summed E-state index contributed by atoms with van der Waals surface area (Å²) in [5.41, 5.74) is 1.40. The minimum atomic E-state index is -0.631. The van der Waals surface area contributed by atoms with Gasteiger partial charge >= 0.3 is 5.97 Å². The Bertz CT molecular complexity index is 868. The first-order valence-electron chi connectivity index (χ1n) is 9.86. The van der Waals surface area contributed by atoms with Gasteiger partial charge in [0.25, 0.3) is 0 Å². The fraction of sp³-hybridized carbons (Fsp3) is 0.455. The van der Waals surface area contributed by atoms with Gasteiger partial charge in [-0.05, 0) is 59.2 Å². The monoisotopic (exact) mass is 415 g/mol. The van der Waals surface area contributed by atoms with Crippen molar-refractivity contribution in [3.8, 4) is 5.75 Å². The fourth-order valence-electron chi connectivity index (χ4n) is 4.41. The van der Waals surface area contributed by atoms with Crippen molar-refractivity contribution in [2.45, 2.75) is 31.5 Å². The lowest BCUT2D eigenvalue weighted by molar-refractivity contribution is -0.129. The molecule has 2 aromatic rings. The molecule has 0 spiro atoms. The van der Waals surface area contributed by atoms with Crippen LogP contribution in [0.2, 0.25) is 0 Å². The summed E-state index contributed by atoms with van der Waals surface area (Å²) in [5.74, 6) is 0.674. The standard InChI is InChI=1S/C22H25NO5S/c1-27-22(26)17-4-2-3-5-19(17)28-20-10-16-12-23(11-15(16)9-18(20)24)21(25)8-14-6-7-29-13-14/h2-7,13,15-16,18,20,24H,8-12H2,1H3/t15-,16+,18+,20+/m0/s1. The third kappa shape index (κ3) is 4.31. The number of benzene rings is 1. The van der Waals surface area contributed by atoms with Crippen molar-refractivity contribution in [2.75, 3.05) is 20.2 Å². The van der Waals surface area contributed by atoms with E-state index in [-0.39, 0.29) is 11.8 Å². The molecule has 1 saturated carbocycles. The number of ether oxygens (including phenoxy) is 2. The van der Waals surface area contributed by atoms with Gasteiger partial charge in [-0.3, -0.25) is 4.79 Å². The normalized spacial score (nSPS) is 26.1. The van der Waals surface area contributed by atoms with E-state index in [9.17, 15) is 14.7 Å². The van der Waals surface area contributed by atoms with Crippen LogP contribution < -0.4 is 4.74 Å². The Morgan fingerprint density at radius 1 is 1.17 bits per heavy atom. The molecule has 1 aliphatic carbocycles. The van der Waals surface area contributed by atoms with Crippen LogP contribution in [0.3, 0.4) is 0 Å². The van der Waals surface area contributed by atoms with Gasteiger partial charge in [0.2, 0.25) is 5.91 Å². The number of esters is 1. The number of rotatable bonds is 5. The summed E-state index contributed by atoms with van der Waals surface area (Å²) in [5, 5.41) is 14.6. The second kappa shape index (κ2) is 8.55. The van der Waals surface area contributed by atoms with E-state index in [0.29, 0.717) is 49.6 Å². The Hall–Kier alpha value is -2.38. The lowest BCUT2D eigenvalue weighted by Gasteiger charge is -2.35. The van der Waals surface area contributed by atoms with E-state index >= 15 is 0 Å². The second-order valence-corrected chi connectivity index (χ2v) is 8.59. The van der Waals surface area contributed by atoms with Gasteiger partial charge < -0.3 is 19.5 Å². The number of fused-ring (bicyclic) bond motifs is 1. The summed E-state index contributed by atoms with van der Waals surface area (Å²) < 4.78 is 10.9. The molecule has 1 aromatic carbocycles. The first-order chi connectivity index (χ1) is 14.0. The van der Waals surface area contributed by atoms with Gasteiger partial charge in [-0.1, -0.05) is 12.1 Å². The molecule has 7 heteroatoms. The quantitative estimate of drug-likeness (QED) is 0.760. The number of carbonyl (C=O) groups is 2. The van der Waals surface area contributed by atoms with Crippen molar-refractivity contribution in [1.29, 1.82) is 0 Å². The molecule has 29 heavy (non-hydrogen) atoms. The predicted molar refractivity (Wildman–Crippen MR) is 109 cm³/mol. The lowest BCUT2D eigenvalue weighted by atomic mass is 9.78. The van der Waals surface area contributed by atoms with E-state index < -0.39 is 18.2 Å². The maximum Gasteiger partial charge on any atom is 0.341 e. The molecule has 1 amide bonds. The zero-order chi connectivity index (χ0) is 20.4. The summed E-state index contributed by atoms with van der Waals surface area (Å²) in [6, 6.07) is 8.90. The van der Waals surface area contributed by atoms with Gasteiger partial charge in [0.1, 0.15) is 17.4 Å². The van der Waals surface area contributed by atoms with Crippen molar-refractivity contribution in [2.24, 2.45) is 11.8 Å². The Morgan fingerprint density at radius 2 is 1.93 bits per heavy atom. The molecule has 154 valence electrons. The number of aliphatic hydroxyl groups is 1. The molecule has 1 aromatic heterocycles. The van der Waals surface area contributed by atoms with Gasteiger partial charge in [-0.15, -0.1) is 0 Å². The van der Waals surface area contributed by atoms with Crippen LogP contribution in [0, 0.1) is 11.8 Å². The average Bonchev–Trinajstić information content (AvgIpc) is 3.37. The van der Waals surface area contributed by atoms with Crippen LogP contribution in [0.1, 0.15) is 28.8 Å². The molecule has 4 rings (SSSR count). The summed E-state index contributed by atoms with van der Waals surface area (Å²) in [6.07, 6.45) is 0.641. The molecule has 0 radical (unpaired) electrons. The highest BCUT2D eigenvalue weighted by Gasteiger charge is 2.44. The maximum absolute atomic E-state index is 12.6. The summed E-state index contributed by atoms with van der Waals surface area (Å²) in [6.45, 7) is 1.38. The molecule has 1 saturated heterocycles. The first kappa shape index (κ1) is 19.9. The SMILES string of the molecule is COC(=O)c1ccccc1O[C@@H]1C[C@@H]2CN(C(=O)Cc3ccsc3)C[C@@H]2C[C@H]1O. The predicted octanol–water partition coefficient (Wildman–Crippen LogP) is 2.75. The topological polar surface area (TPSA) is 76.1 Å². The van der Waals surface area contributed by atoms with Crippen LogP contribution in [0.5, 0.6) is 5.75 Å². The Labute approximate surface area is 174 Å². The van der Waals surface area contributed by atoms with E-state index in [1.807, 2.05) is 21.7 Å². The van der Waals surface area contributed by atoms with Gasteiger partial charge in [0, 0.05) is 13.1 Å². The lowest BCUT2D eigenvalue weighted by Crippen LogP contribution is -2.42. The van der Waals surface area contributed by atoms with Gasteiger partial charge in [-0.25, -0.2) is 4.79 Å². The number of thiophene rings is 1. The summed E-state index contributed by atoms with van der Waals surface area (Å²) >= 11 is 1.60. The van der Waals surface area contributed by atoms with E-state index in [0.717, 1.165) is 5.56 Å². The molecule has 0 bridgehead atoms. The van der Waals surface area contributed by atoms with Gasteiger partial charge in [0.05, 0.1) is 19.6 Å². The Balaban J connectivity index is 1.41. The zero-order valence-corrected chi connectivity index (χ0v) is 17.1. The molecule has 4 atom stereocenters. The number of para-hydroxylation sites is 1. The largest absolute Gasteiger partial charge is 0.487 e. The smallest absolute Gasteiger partial charge is 0.341 e. The van der Waals surface area contributed by atoms with Gasteiger partial charge in [0.15, 0.2) is 0 Å². The number of hydrogen-bond acceptors (Lipinski definition) is 6. The van der Waals surface area contributed by atoms with Crippen LogP contribution in [-0.4, -0.2) is 54.3 Å². The van der Waals surface area contributed by atoms with Crippen molar-refractivity contribution in [1.82, 2.24) is 4.90 Å². The molecular weight excluding hydrogens is 390 g/mol. The number of likely N-dealkylation sites (tertiary alicyclic amines) is 1. The minimum Gasteiger partial charge on any atom is -0.487 e. The third-order valence-corrected chi connectivity index (χ3v) is 6.68. The number of carbonyl (C=O) groups excluding carboxylic acids is 2. The molecule has 1 aliphatic heterocycles. The molecule has 2 fully saturated rings. The highest BCUT2D eigenvalue weighted by atomic mass is 32.1. The van der Waals surface area contributed by atoms with Crippen LogP contribution in [0.4, 0.5) is 0 Å². The van der Waals surface area contributed by atoms with E-state index in [2.05, 4.69) is 0 Å². The second-order valence-electron chi connectivity index (χ2n) is 7.81. The molecule has 0 unspecified atom stereocenters. The zero-order valence-electron chi connectivity index (χ0n) is 16.3. The van der Waals surface area contributed by atoms with Crippen molar-refractivity contribution >= 4 is 23.2 Å². The van der Waals surface area contributed by atoms with Crippen molar-refractivity contribution in [3.63, 3.8) is 0 Å². The molecule has 2 aliphatic rings. The molecule has 6 nitrogen and oxygen atoms in total. The van der Waals surface area contributed by atoms with Gasteiger partial charge in [-0.2, -0.15) is 11.3 Å². The Kier molecular flexibility index (Phi) is 5.87. The Morgan fingerprint density at radius 3 is 2.66 bits per heavy atom.